The van der Waals surface area contributed by atoms with Gasteiger partial charge in [0.15, 0.2) is 0 Å². The number of aliphatic hydroxyl groups is 3. The highest BCUT2D eigenvalue weighted by atomic mass is 16.5. The first kappa shape index (κ1) is 27.6. The van der Waals surface area contributed by atoms with Gasteiger partial charge in [-0.05, 0) is 123 Å². The third-order valence-corrected chi connectivity index (χ3v) is 14.0. The average molecular weight is 517 g/mol. The van der Waals surface area contributed by atoms with Crippen LogP contribution < -0.4 is 0 Å². The molecular weight excluding hydrogens is 464 g/mol. The predicted octanol–water partition coefficient (Wildman–Crippen LogP) is 5.51. The lowest BCUT2D eigenvalue weighted by atomic mass is 9.32. The zero-order valence-corrected chi connectivity index (χ0v) is 24.0. The molecule has 0 saturated heterocycles. The van der Waals surface area contributed by atoms with E-state index in [0.717, 1.165) is 69.8 Å². The quantitative estimate of drug-likeness (QED) is 0.331. The number of esters is 1. The summed E-state index contributed by atoms with van der Waals surface area (Å²) in [6.45, 7) is 16.3. The van der Waals surface area contributed by atoms with Crippen molar-refractivity contribution in [2.75, 3.05) is 19.8 Å². The molecule has 0 spiro atoms. The Kier molecular flexibility index (Phi) is 6.77. The second-order valence-corrected chi connectivity index (χ2v) is 14.8. The molecule has 5 heteroatoms. The molecule has 11 atom stereocenters. The average Bonchev–Trinajstić information content (AvgIpc) is 3.27. The number of hydrogen-bond acceptors (Lipinski definition) is 5. The fourth-order valence-electron chi connectivity index (χ4n) is 11.8. The van der Waals surface area contributed by atoms with Gasteiger partial charge < -0.3 is 20.1 Å². The van der Waals surface area contributed by atoms with Gasteiger partial charge in [0.25, 0.3) is 0 Å². The minimum Gasteiger partial charge on any atom is -0.466 e. The molecule has 0 aromatic heterocycles. The van der Waals surface area contributed by atoms with Crippen LogP contribution in [0.4, 0.5) is 0 Å². The second-order valence-electron chi connectivity index (χ2n) is 14.8. The van der Waals surface area contributed by atoms with Crippen LogP contribution in [0, 0.1) is 56.7 Å². The van der Waals surface area contributed by atoms with Crippen LogP contribution in [0.2, 0.25) is 0 Å². The van der Waals surface area contributed by atoms with Crippen molar-refractivity contribution in [3.05, 3.63) is 12.2 Å². The van der Waals surface area contributed by atoms with Gasteiger partial charge in [0.05, 0.1) is 31.3 Å². The van der Waals surface area contributed by atoms with Crippen LogP contribution in [0.1, 0.15) is 98.8 Å². The fourth-order valence-corrected chi connectivity index (χ4v) is 11.8. The van der Waals surface area contributed by atoms with Gasteiger partial charge in [-0.15, -0.1) is 0 Å². The smallest absolute Gasteiger partial charge is 0.312 e. The van der Waals surface area contributed by atoms with Gasteiger partial charge in [0, 0.05) is 5.41 Å². The van der Waals surface area contributed by atoms with Crippen LogP contribution in [-0.2, 0) is 9.53 Å². The van der Waals surface area contributed by atoms with E-state index < -0.39 is 16.9 Å². The van der Waals surface area contributed by atoms with E-state index in [2.05, 4.69) is 34.3 Å². The summed E-state index contributed by atoms with van der Waals surface area (Å²) in [7, 11) is 0. The van der Waals surface area contributed by atoms with Crippen LogP contribution in [0.3, 0.4) is 0 Å². The summed E-state index contributed by atoms with van der Waals surface area (Å²) in [6.07, 6.45) is 9.41. The Morgan fingerprint density at radius 3 is 2.27 bits per heavy atom. The third kappa shape index (κ3) is 3.41. The molecule has 5 aliphatic rings. The molecule has 0 heterocycles. The Labute approximate surface area is 224 Å². The van der Waals surface area contributed by atoms with E-state index >= 15 is 0 Å². The lowest BCUT2D eigenvalue weighted by Crippen LogP contribution is -2.67. The molecule has 37 heavy (non-hydrogen) atoms. The molecular formula is C32H52O5. The van der Waals surface area contributed by atoms with Crippen molar-refractivity contribution in [2.24, 2.45) is 56.7 Å². The molecule has 3 N–H and O–H groups in total. The molecule has 5 saturated carbocycles. The van der Waals surface area contributed by atoms with Gasteiger partial charge in [-0.3, -0.25) is 4.79 Å². The number of ether oxygens (including phenoxy) is 1. The van der Waals surface area contributed by atoms with E-state index in [-0.39, 0.29) is 47.3 Å². The number of carbonyl (C=O) groups excluding carboxylic acids is 1. The SMILES string of the molecule is C=C(CO)[C@@H]1CC[C@]2(C(=O)OCC)CC[C@]3(C)C(CCC4[C@@]5(C)CCC(O)[C@@](C)(CO)[C@@H]5CC[C@]43C)C12. The maximum Gasteiger partial charge on any atom is 0.312 e. The maximum absolute atomic E-state index is 13.6. The predicted molar refractivity (Wildman–Crippen MR) is 144 cm³/mol. The van der Waals surface area contributed by atoms with Gasteiger partial charge >= 0.3 is 5.97 Å². The first-order chi connectivity index (χ1) is 17.4. The highest BCUT2D eigenvalue weighted by Crippen LogP contribution is 2.77. The van der Waals surface area contributed by atoms with Crippen molar-refractivity contribution in [1.82, 2.24) is 0 Å². The van der Waals surface area contributed by atoms with Crippen molar-refractivity contribution in [1.29, 1.82) is 0 Å². The summed E-state index contributed by atoms with van der Waals surface area (Å²) in [5, 5.41) is 31.6. The van der Waals surface area contributed by atoms with Crippen molar-refractivity contribution in [3.8, 4) is 0 Å². The van der Waals surface area contributed by atoms with Crippen LogP contribution in [0.15, 0.2) is 12.2 Å². The minimum absolute atomic E-state index is 0.00871. The highest BCUT2D eigenvalue weighted by Gasteiger charge is 2.72. The number of rotatable bonds is 5. The standard InChI is InChI=1S/C32H52O5/c1-7-37-27(36)32-15-10-21(20(2)18-33)26(32)22-8-9-24-28(3)13-12-25(35)29(4,19-34)23(28)11-14-31(24,6)30(22,5)16-17-32/h21-26,33-35H,2,7-19H2,1,3-6H3/t21-,22?,23+,24?,25?,26?,28-,29-,30+,31+,32-/m0/s1. The van der Waals surface area contributed by atoms with E-state index in [0.29, 0.717) is 24.4 Å². The summed E-state index contributed by atoms with van der Waals surface area (Å²) in [5.74, 6) is 1.61. The summed E-state index contributed by atoms with van der Waals surface area (Å²) < 4.78 is 5.75. The number of fused-ring (bicyclic) bond motifs is 7. The Bertz CT molecular complexity index is 932. The minimum atomic E-state index is -0.447. The largest absolute Gasteiger partial charge is 0.466 e. The van der Waals surface area contributed by atoms with Crippen LogP contribution in [0.5, 0.6) is 0 Å². The van der Waals surface area contributed by atoms with Crippen molar-refractivity contribution in [2.45, 2.75) is 105 Å². The van der Waals surface area contributed by atoms with Gasteiger partial charge in [-0.2, -0.15) is 0 Å². The van der Waals surface area contributed by atoms with Gasteiger partial charge in [-0.25, -0.2) is 0 Å². The van der Waals surface area contributed by atoms with Gasteiger partial charge in [0.2, 0.25) is 0 Å². The normalized spacial score (nSPS) is 52.9. The van der Waals surface area contributed by atoms with E-state index in [1.165, 1.54) is 0 Å². The topological polar surface area (TPSA) is 87.0 Å². The van der Waals surface area contributed by atoms with Crippen molar-refractivity contribution < 1.29 is 24.9 Å². The van der Waals surface area contributed by atoms with Gasteiger partial charge in [0.1, 0.15) is 0 Å². The van der Waals surface area contributed by atoms with E-state index in [1.54, 1.807) is 0 Å². The Hall–Kier alpha value is -0.910. The van der Waals surface area contributed by atoms with E-state index in [4.69, 9.17) is 4.74 Å². The Morgan fingerprint density at radius 1 is 0.892 bits per heavy atom. The molecule has 0 radical (unpaired) electrons. The second kappa shape index (κ2) is 9.06. The molecule has 210 valence electrons. The van der Waals surface area contributed by atoms with Crippen molar-refractivity contribution in [3.63, 3.8) is 0 Å². The van der Waals surface area contributed by atoms with Crippen LogP contribution in [0.25, 0.3) is 0 Å². The summed E-state index contributed by atoms with van der Waals surface area (Å²) in [5.41, 5.74) is 0.327. The monoisotopic (exact) mass is 516 g/mol. The molecule has 5 nitrogen and oxygen atoms in total. The molecule has 5 aliphatic carbocycles. The first-order valence-corrected chi connectivity index (χ1v) is 15.1. The maximum atomic E-state index is 13.6. The highest BCUT2D eigenvalue weighted by molar-refractivity contribution is 5.78. The number of hydrogen-bond donors (Lipinski definition) is 3. The lowest BCUT2D eigenvalue weighted by Gasteiger charge is -2.72. The molecule has 5 fully saturated rings. The summed E-state index contributed by atoms with van der Waals surface area (Å²) in [4.78, 5) is 13.6. The Balaban J connectivity index is 1.55. The third-order valence-electron chi connectivity index (χ3n) is 14.0. The number of aliphatic hydroxyl groups excluding tert-OH is 3. The molecule has 0 aliphatic heterocycles. The summed E-state index contributed by atoms with van der Waals surface area (Å²) >= 11 is 0. The summed E-state index contributed by atoms with van der Waals surface area (Å²) in [6, 6.07) is 0. The Morgan fingerprint density at radius 2 is 1.62 bits per heavy atom. The zero-order chi connectivity index (χ0) is 27.0. The molecule has 5 rings (SSSR count). The van der Waals surface area contributed by atoms with E-state index in [1.807, 2.05) is 6.92 Å². The van der Waals surface area contributed by atoms with E-state index in [9.17, 15) is 20.1 Å². The van der Waals surface area contributed by atoms with Crippen molar-refractivity contribution >= 4 is 5.97 Å². The molecule has 0 aromatic rings. The lowest BCUT2D eigenvalue weighted by molar-refractivity contribution is -0.254. The van der Waals surface area contributed by atoms with Crippen LogP contribution in [-0.4, -0.2) is 47.2 Å². The molecule has 0 amide bonds. The zero-order valence-electron chi connectivity index (χ0n) is 24.0. The number of carbonyl (C=O) groups is 1. The van der Waals surface area contributed by atoms with Crippen LogP contribution >= 0.6 is 0 Å². The molecule has 4 unspecified atom stereocenters. The first-order valence-electron chi connectivity index (χ1n) is 15.1. The fraction of sp³-hybridized carbons (Fsp3) is 0.906. The van der Waals surface area contributed by atoms with Gasteiger partial charge in [-0.1, -0.05) is 34.3 Å². The molecule has 0 aromatic carbocycles. The molecule has 0 bridgehead atoms.